The van der Waals surface area contributed by atoms with Gasteiger partial charge < -0.3 is 20.1 Å². The van der Waals surface area contributed by atoms with Crippen LogP contribution in [0.15, 0.2) is 24.3 Å². The molecule has 1 aromatic rings. The van der Waals surface area contributed by atoms with Crippen molar-refractivity contribution in [3.63, 3.8) is 0 Å². The van der Waals surface area contributed by atoms with Crippen LogP contribution in [0.3, 0.4) is 0 Å². The Bertz CT molecular complexity index is 660. The van der Waals surface area contributed by atoms with E-state index in [1.165, 1.54) is 7.11 Å². The van der Waals surface area contributed by atoms with E-state index in [2.05, 4.69) is 0 Å². The maximum absolute atomic E-state index is 12.7. The molecule has 0 bridgehead atoms. The van der Waals surface area contributed by atoms with Gasteiger partial charge in [0.1, 0.15) is 11.8 Å². The summed E-state index contributed by atoms with van der Waals surface area (Å²) in [5, 5.41) is 0. The van der Waals surface area contributed by atoms with E-state index in [4.69, 9.17) is 15.2 Å². The number of amides is 1. The normalized spacial score (nSPS) is 20.5. The fourth-order valence-corrected chi connectivity index (χ4v) is 4.53. The van der Waals surface area contributed by atoms with Gasteiger partial charge in [-0.05, 0) is 24.1 Å². The van der Waals surface area contributed by atoms with E-state index in [1.54, 1.807) is 24.1 Å². The number of benzene rings is 1. The molecule has 2 atom stereocenters. The summed E-state index contributed by atoms with van der Waals surface area (Å²) in [7, 11) is -0.0464. The number of nitrogens with zero attached hydrogens (tertiary/aromatic N) is 1. The van der Waals surface area contributed by atoms with Gasteiger partial charge in [0.25, 0.3) is 0 Å². The molecule has 2 unspecified atom stereocenters. The van der Waals surface area contributed by atoms with Crippen molar-refractivity contribution in [2.24, 2.45) is 5.73 Å². The molecule has 7 nitrogen and oxygen atoms in total. The van der Waals surface area contributed by atoms with Gasteiger partial charge in [0.05, 0.1) is 25.2 Å². The zero-order valence-corrected chi connectivity index (χ0v) is 14.8. The molecular formula is C16H24N2O5S. The summed E-state index contributed by atoms with van der Waals surface area (Å²) < 4.78 is 33.7. The number of sulfone groups is 1. The van der Waals surface area contributed by atoms with Crippen LogP contribution in [0.5, 0.6) is 5.75 Å². The van der Waals surface area contributed by atoms with Crippen molar-refractivity contribution in [2.45, 2.75) is 25.0 Å². The van der Waals surface area contributed by atoms with Crippen molar-refractivity contribution in [1.82, 2.24) is 4.90 Å². The molecule has 8 heteroatoms. The molecule has 1 amide bonds. The molecule has 1 fully saturated rings. The molecule has 1 saturated heterocycles. The Morgan fingerprint density at radius 1 is 1.33 bits per heavy atom. The number of carbonyl (C=O) groups is 1. The van der Waals surface area contributed by atoms with Crippen molar-refractivity contribution >= 4 is 15.7 Å². The number of hydrogen-bond donors (Lipinski definition) is 1. The van der Waals surface area contributed by atoms with Gasteiger partial charge in [-0.1, -0.05) is 12.1 Å². The minimum absolute atomic E-state index is 0.0192. The highest BCUT2D eigenvalue weighted by Crippen LogP contribution is 2.22. The molecule has 134 valence electrons. The van der Waals surface area contributed by atoms with Crippen LogP contribution in [0.2, 0.25) is 0 Å². The van der Waals surface area contributed by atoms with E-state index in [9.17, 15) is 13.2 Å². The number of ether oxygens (including phenoxy) is 2. The second-order valence-electron chi connectivity index (χ2n) is 5.93. The molecule has 0 spiro atoms. The lowest BCUT2D eigenvalue weighted by atomic mass is 10.1. The number of nitrogens with two attached hydrogens (primary N) is 1. The zero-order valence-electron chi connectivity index (χ0n) is 14.0. The Morgan fingerprint density at radius 2 is 2.00 bits per heavy atom. The van der Waals surface area contributed by atoms with Gasteiger partial charge in [-0.15, -0.1) is 0 Å². The second kappa shape index (κ2) is 7.96. The summed E-state index contributed by atoms with van der Waals surface area (Å²) in [5.74, 6) is 0.504. The van der Waals surface area contributed by atoms with Crippen molar-refractivity contribution in [2.75, 3.05) is 32.3 Å². The van der Waals surface area contributed by atoms with Gasteiger partial charge in [-0.2, -0.15) is 0 Å². The fraction of sp³-hybridized carbons (Fsp3) is 0.562. The molecule has 2 N–H and O–H groups in total. The molecule has 2 rings (SSSR count). The summed E-state index contributed by atoms with van der Waals surface area (Å²) in [6, 6.07) is 6.15. The van der Waals surface area contributed by atoms with Gasteiger partial charge in [0, 0.05) is 19.7 Å². The first kappa shape index (κ1) is 18.7. The van der Waals surface area contributed by atoms with Crippen LogP contribution in [-0.4, -0.2) is 63.6 Å². The summed E-state index contributed by atoms with van der Waals surface area (Å²) in [6.07, 6.45) is 0.434. The minimum Gasteiger partial charge on any atom is -0.497 e. The Kier molecular flexibility index (Phi) is 6.20. The third kappa shape index (κ3) is 4.68. The Morgan fingerprint density at radius 3 is 2.50 bits per heavy atom. The second-order valence-corrected chi connectivity index (χ2v) is 8.16. The first-order valence-electron chi connectivity index (χ1n) is 7.74. The van der Waals surface area contributed by atoms with Crippen molar-refractivity contribution < 1.29 is 22.7 Å². The van der Waals surface area contributed by atoms with E-state index in [0.29, 0.717) is 13.0 Å². The van der Waals surface area contributed by atoms with Crippen LogP contribution in [0.4, 0.5) is 0 Å². The average molecular weight is 356 g/mol. The lowest BCUT2D eigenvalue weighted by Gasteiger charge is -2.30. The zero-order chi connectivity index (χ0) is 17.7. The van der Waals surface area contributed by atoms with Crippen LogP contribution >= 0.6 is 0 Å². The van der Waals surface area contributed by atoms with Gasteiger partial charge in [-0.25, -0.2) is 8.42 Å². The molecule has 1 aliphatic heterocycles. The number of rotatable bonds is 7. The molecule has 0 radical (unpaired) electrons. The SMILES string of the molecule is COCC(N)C(=O)N(Cc1ccc(OC)cc1)C1CCS(=O)(=O)C1. The predicted molar refractivity (Wildman–Crippen MR) is 90.5 cm³/mol. The average Bonchev–Trinajstić information content (AvgIpc) is 2.92. The van der Waals surface area contributed by atoms with E-state index in [0.717, 1.165) is 11.3 Å². The highest BCUT2D eigenvalue weighted by molar-refractivity contribution is 7.91. The highest BCUT2D eigenvalue weighted by Gasteiger charge is 2.36. The van der Waals surface area contributed by atoms with Crippen molar-refractivity contribution in [1.29, 1.82) is 0 Å². The van der Waals surface area contributed by atoms with Crippen molar-refractivity contribution in [3.8, 4) is 5.75 Å². The molecule has 0 aromatic heterocycles. The van der Waals surface area contributed by atoms with Gasteiger partial charge in [0.15, 0.2) is 9.84 Å². The topological polar surface area (TPSA) is 98.9 Å². The Hall–Kier alpha value is -1.64. The Balaban J connectivity index is 2.19. The van der Waals surface area contributed by atoms with Crippen LogP contribution < -0.4 is 10.5 Å². The number of carbonyl (C=O) groups excluding carboxylic acids is 1. The maximum atomic E-state index is 12.7. The molecule has 0 saturated carbocycles. The third-order valence-corrected chi connectivity index (χ3v) is 5.86. The van der Waals surface area contributed by atoms with E-state index in [-0.39, 0.29) is 30.1 Å². The van der Waals surface area contributed by atoms with Gasteiger partial charge in [0.2, 0.25) is 5.91 Å². The molecule has 1 aromatic carbocycles. The highest BCUT2D eigenvalue weighted by atomic mass is 32.2. The lowest BCUT2D eigenvalue weighted by molar-refractivity contribution is -0.136. The summed E-state index contributed by atoms with van der Waals surface area (Å²) >= 11 is 0. The Labute approximate surface area is 142 Å². The van der Waals surface area contributed by atoms with Gasteiger partial charge in [-0.3, -0.25) is 4.79 Å². The number of methoxy groups -OCH3 is 2. The fourth-order valence-electron chi connectivity index (χ4n) is 2.80. The predicted octanol–water partition coefficient (Wildman–Crippen LogP) is 0.185. The molecule has 24 heavy (non-hydrogen) atoms. The first-order valence-corrected chi connectivity index (χ1v) is 9.57. The van der Waals surface area contributed by atoms with E-state index >= 15 is 0 Å². The van der Waals surface area contributed by atoms with Crippen LogP contribution in [0.1, 0.15) is 12.0 Å². The standard InChI is InChI=1S/C16H24N2O5S/c1-22-10-15(17)16(19)18(13-7-8-24(20,21)11-13)9-12-3-5-14(23-2)6-4-12/h3-6,13,15H,7-11,17H2,1-2H3. The smallest absolute Gasteiger partial charge is 0.242 e. The van der Waals surface area contributed by atoms with E-state index < -0.39 is 15.9 Å². The van der Waals surface area contributed by atoms with Crippen LogP contribution in [0, 0.1) is 0 Å². The summed E-state index contributed by atoms with van der Waals surface area (Å²) in [4.78, 5) is 14.2. The number of hydrogen-bond acceptors (Lipinski definition) is 6. The van der Waals surface area contributed by atoms with Gasteiger partial charge >= 0.3 is 0 Å². The molecule has 1 heterocycles. The van der Waals surface area contributed by atoms with Crippen LogP contribution in [0.25, 0.3) is 0 Å². The first-order chi connectivity index (χ1) is 11.4. The third-order valence-electron chi connectivity index (χ3n) is 4.11. The summed E-state index contributed by atoms with van der Waals surface area (Å²) in [5.41, 5.74) is 6.76. The molecular weight excluding hydrogens is 332 g/mol. The largest absolute Gasteiger partial charge is 0.497 e. The summed E-state index contributed by atoms with van der Waals surface area (Å²) in [6.45, 7) is 0.401. The van der Waals surface area contributed by atoms with E-state index in [1.807, 2.05) is 12.1 Å². The van der Waals surface area contributed by atoms with Crippen LogP contribution in [-0.2, 0) is 25.9 Å². The monoisotopic (exact) mass is 356 g/mol. The lowest BCUT2D eigenvalue weighted by Crippen LogP contribution is -2.50. The molecule has 0 aliphatic carbocycles. The molecule has 1 aliphatic rings. The maximum Gasteiger partial charge on any atom is 0.242 e. The van der Waals surface area contributed by atoms with Crippen molar-refractivity contribution in [3.05, 3.63) is 29.8 Å². The quantitative estimate of drug-likeness (QED) is 0.748. The minimum atomic E-state index is -3.10.